The molecule has 0 atom stereocenters. The molecule has 0 bridgehead atoms. The van der Waals surface area contributed by atoms with Crippen molar-refractivity contribution in [3.05, 3.63) is 108 Å². The Bertz CT molecular complexity index is 1590. The summed E-state index contributed by atoms with van der Waals surface area (Å²) in [5.74, 6) is 1.09. The van der Waals surface area contributed by atoms with Crippen LogP contribution < -0.4 is 14.4 Å². The molecular formula is C41H51N3O4. The monoisotopic (exact) mass is 649 g/mol. The molecule has 7 nitrogen and oxygen atoms in total. The van der Waals surface area contributed by atoms with Crippen LogP contribution in [0.15, 0.2) is 97.1 Å². The van der Waals surface area contributed by atoms with Crippen LogP contribution in [0.1, 0.15) is 71.4 Å². The van der Waals surface area contributed by atoms with E-state index in [9.17, 15) is 4.79 Å². The van der Waals surface area contributed by atoms with Crippen molar-refractivity contribution in [3.8, 4) is 22.9 Å². The van der Waals surface area contributed by atoms with Gasteiger partial charge in [0.05, 0.1) is 0 Å². The number of benzene rings is 3. The van der Waals surface area contributed by atoms with Gasteiger partial charge in [-0.2, -0.15) is 4.98 Å². The molecule has 1 spiro atoms. The van der Waals surface area contributed by atoms with E-state index in [1.165, 1.54) is 5.69 Å². The highest BCUT2D eigenvalue weighted by Gasteiger charge is 2.39. The molecule has 0 saturated carbocycles. The fraction of sp³-hybridized carbons (Fsp3) is 0.415. The van der Waals surface area contributed by atoms with Crippen LogP contribution >= 0.6 is 0 Å². The molecule has 2 fully saturated rings. The molecule has 3 heterocycles. The Kier molecular flexibility index (Phi) is 11.6. The van der Waals surface area contributed by atoms with Crippen LogP contribution in [-0.2, 0) is 18.0 Å². The quantitative estimate of drug-likeness (QED) is 0.189. The molecule has 2 aliphatic heterocycles. The molecule has 6 rings (SSSR count). The van der Waals surface area contributed by atoms with E-state index in [-0.39, 0.29) is 6.09 Å². The van der Waals surface area contributed by atoms with Crippen LogP contribution in [0.4, 0.5) is 10.5 Å². The van der Waals surface area contributed by atoms with E-state index in [1.807, 2.05) is 94.1 Å². The molecule has 1 amide bonds. The van der Waals surface area contributed by atoms with Crippen LogP contribution in [-0.4, -0.2) is 47.8 Å². The molecule has 7 heteroatoms. The fourth-order valence-electron chi connectivity index (χ4n) is 6.39. The number of rotatable bonds is 8. The van der Waals surface area contributed by atoms with Crippen LogP contribution in [0.2, 0.25) is 0 Å². The molecule has 48 heavy (non-hydrogen) atoms. The maximum absolute atomic E-state index is 12.6. The molecule has 3 aromatic carbocycles. The highest BCUT2D eigenvalue weighted by molar-refractivity contribution is 5.73. The van der Waals surface area contributed by atoms with Crippen molar-refractivity contribution in [2.75, 3.05) is 31.1 Å². The van der Waals surface area contributed by atoms with E-state index in [4.69, 9.17) is 19.2 Å². The van der Waals surface area contributed by atoms with Gasteiger partial charge in [-0.05, 0) is 86.8 Å². The number of piperidine rings is 2. The Morgan fingerprint density at radius 1 is 0.729 bits per heavy atom. The van der Waals surface area contributed by atoms with Crippen molar-refractivity contribution in [1.82, 2.24) is 9.88 Å². The first-order valence-corrected chi connectivity index (χ1v) is 17.4. The Hall–Kier alpha value is -4.52. The standard InChI is InChI=1S/C39H45N3O4.C2H6/c1-38(2,3)46-37(43)42-25-21-39(22-26-42)19-23-41(24-20-39)33-16-10-15-32(27-33)34-17-18-35(44-28-30-11-6-4-7-12-30)40-36(34)45-29-31-13-8-5-9-14-31;1-2/h4-18,27H,19-26,28-29H2,1-3H3;1-2H3. The summed E-state index contributed by atoms with van der Waals surface area (Å²) in [4.78, 5) is 21.8. The summed E-state index contributed by atoms with van der Waals surface area (Å²) in [5, 5.41) is 0. The second kappa shape index (κ2) is 16.1. The van der Waals surface area contributed by atoms with Crippen LogP contribution in [0.3, 0.4) is 0 Å². The van der Waals surface area contributed by atoms with Crippen molar-refractivity contribution in [1.29, 1.82) is 0 Å². The minimum Gasteiger partial charge on any atom is -0.473 e. The van der Waals surface area contributed by atoms with Gasteiger partial charge in [-0.1, -0.05) is 86.6 Å². The summed E-state index contributed by atoms with van der Waals surface area (Å²) in [7, 11) is 0. The first kappa shape index (κ1) is 34.8. The molecule has 2 aliphatic rings. The molecule has 0 radical (unpaired) electrons. The van der Waals surface area contributed by atoms with Gasteiger partial charge in [0.1, 0.15) is 18.8 Å². The second-order valence-corrected chi connectivity index (χ2v) is 13.6. The van der Waals surface area contributed by atoms with E-state index < -0.39 is 5.60 Å². The number of carbonyl (C=O) groups excluding carboxylic acids is 1. The number of aromatic nitrogens is 1. The average Bonchev–Trinajstić information content (AvgIpc) is 3.11. The highest BCUT2D eigenvalue weighted by Crippen LogP contribution is 2.43. The van der Waals surface area contributed by atoms with E-state index in [0.717, 1.165) is 74.1 Å². The third kappa shape index (κ3) is 9.30. The zero-order valence-corrected chi connectivity index (χ0v) is 29.3. The maximum atomic E-state index is 12.6. The average molecular weight is 650 g/mol. The fourth-order valence-corrected chi connectivity index (χ4v) is 6.39. The molecule has 2 saturated heterocycles. The Morgan fingerprint density at radius 2 is 1.31 bits per heavy atom. The number of anilines is 1. The minimum atomic E-state index is -0.463. The number of likely N-dealkylation sites (tertiary alicyclic amines) is 1. The van der Waals surface area contributed by atoms with Gasteiger partial charge in [-0.15, -0.1) is 0 Å². The summed E-state index contributed by atoms with van der Waals surface area (Å²) in [6, 6.07) is 32.9. The third-order valence-corrected chi connectivity index (χ3v) is 9.10. The summed E-state index contributed by atoms with van der Waals surface area (Å²) < 4.78 is 18.0. The van der Waals surface area contributed by atoms with E-state index >= 15 is 0 Å². The topological polar surface area (TPSA) is 64.1 Å². The lowest BCUT2D eigenvalue weighted by Crippen LogP contribution is -2.49. The zero-order chi connectivity index (χ0) is 34.0. The number of carbonyl (C=O) groups is 1. The number of hydrogen-bond donors (Lipinski definition) is 0. The first-order valence-electron chi connectivity index (χ1n) is 17.4. The summed E-state index contributed by atoms with van der Waals surface area (Å²) in [6.45, 7) is 14.2. The summed E-state index contributed by atoms with van der Waals surface area (Å²) >= 11 is 0. The lowest BCUT2D eigenvalue weighted by molar-refractivity contribution is 0.00666. The van der Waals surface area contributed by atoms with Crippen LogP contribution in [0, 0.1) is 5.41 Å². The number of pyridine rings is 1. The van der Waals surface area contributed by atoms with Gasteiger partial charge in [-0.25, -0.2) is 4.79 Å². The molecule has 0 N–H and O–H groups in total. The molecule has 0 unspecified atom stereocenters. The van der Waals surface area contributed by atoms with Gasteiger partial charge >= 0.3 is 6.09 Å². The third-order valence-electron chi connectivity index (χ3n) is 9.10. The molecular weight excluding hydrogens is 598 g/mol. The van der Waals surface area contributed by atoms with Crippen LogP contribution in [0.5, 0.6) is 11.8 Å². The summed E-state index contributed by atoms with van der Waals surface area (Å²) in [5.41, 5.74) is 5.21. The van der Waals surface area contributed by atoms with Crippen molar-refractivity contribution in [3.63, 3.8) is 0 Å². The Labute approximate surface area is 286 Å². The lowest BCUT2D eigenvalue weighted by atomic mass is 9.71. The van der Waals surface area contributed by atoms with E-state index in [1.54, 1.807) is 0 Å². The zero-order valence-electron chi connectivity index (χ0n) is 29.3. The smallest absolute Gasteiger partial charge is 0.410 e. The van der Waals surface area contributed by atoms with Gasteiger partial charge in [0.2, 0.25) is 11.8 Å². The van der Waals surface area contributed by atoms with Crippen LogP contribution in [0.25, 0.3) is 11.1 Å². The predicted molar refractivity (Wildman–Crippen MR) is 193 cm³/mol. The molecule has 0 aliphatic carbocycles. The van der Waals surface area contributed by atoms with Gasteiger partial charge in [0, 0.05) is 43.5 Å². The Morgan fingerprint density at radius 3 is 1.92 bits per heavy atom. The molecule has 1 aromatic heterocycles. The van der Waals surface area contributed by atoms with Crippen molar-refractivity contribution < 1.29 is 19.0 Å². The SMILES string of the molecule is CC.CC(C)(C)OC(=O)N1CCC2(CC1)CCN(c1cccc(-c3ccc(OCc4ccccc4)nc3OCc3ccccc3)c1)CC2. The number of hydrogen-bond acceptors (Lipinski definition) is 6. The van der Waals surface area contributed by atoms with E-state index in [0.29, 0.717) is 30.4 Å². The summed E-state index contributed by atoms with van der Waals surface area (Å²) in [6.07, 6.45) is 4.13. The first-order chi connectivity index (χ1) is 23.3. The largest absolute Gasteiger partial charge is 0.473 e. The van der Waals surface area contributed by atoms with Gasteiger partial charge in [0.15, 0.2) is 0 Å². The van der Waals surface area contributed by atoms with Crippen molar-refractivity contribution >= 4 is 11.8 Å². The number of nitrogens with zero attached hydrogens (tertiary/aromatic N) is 3. The molecule has 4 aromatic rings. The highest BCUT2D eigenvalue weighted by atomic mass is 16.6. The van der Waals surface area contributed by atoms with Gasteiger partial charge < -0.3 is 24.0 Å². The van der Waals surface area contributed by atoms with Gasteiger partial charge in [0.25, 0.3) is 0 Å². The van der Waals surface area contributed by atoms with E-state index in [2.05, 4.69) is 47.4 Å². The number of ether oxygens (including phenoxy) is 3. The van der Waals surface area contributed by atoms with Gasteiger partial charge in [-0.3, -0.25) is 0 Å². The number of amides is 1. The lowest BCUT2D eigenvalue weighted by Gasteiger charge is -2.47. The van der Waals surface area contributed by atoms with Crippen molar-refractivity contribution in [2.45, 2.75) is 79.1 Å². The minimum absolute atomic E-state index is 0.186. The Balaban J connectivity index is 0.00000221. The van der Waals surface area contributed by atoms with Crippen molar-refractivity contribution in [2.24, 2.45) is 5.41 Å². The predicted octanol–water partition coefficient (Wildman–Crippen LogP) is 9.55. The normalized spacial score (nSPS) is 15.7. The maximum Gasteiger partial charge on any atom is 0.410 e. The second-order valence-electron chi connectivity index (χ2n) is 13.6. The molecule has 254 valence electrons.